The van der Waals surface area contributed by atoms with Gasteiger partial charge in [-0.05, 0) is 31.2 Å². The van der Waals surface area contributed by atoms with Gasteiger partial charge in [0.1, 0.15) is 17.6 Å². The molecule has 24 heavy (non-hydrogen) atoms. The largest absolute Gasteiger partial charge is 0.497 e. The van der Waals surface area contributed by atoms with E-state index in [0.29, 0.717) is 17.3 Å². The second-order valence-corrected chi connectivity index (χ2v) is 6.41. The molecule has 2 saturated heterocycles. The predicted octanol–water partition coefficient (Wildman–Crippen LogP) is 1.46. The summed E-state index contributed by atoms with van der Waals surface area (Å²) in [6.07, 6.45) is -0.887. The second kappa shape index (κ2) is 6.12. The molecular formula is C16H17N3O4S. The Labute approximate surface area is 144 Å². The van der Waals surface area contributed by atoms with Gasteiger partial charge in [-0.25, -0.2) is 0 Å². The molecule has 0 aliphatic carbocycles. The highest BCUT2D eigenvalue weighted by Crippen LogP contribution is 2.38. The summed E-state index contributed by atoms with van der Waals surface area (Å²) in [7, 11) is 1.64. The van der Waals surface area contributed by atoms with E-state index in [1.807, 2.05) is 24.3 Å². The monoisotopic (exact) mass is 347 g/mol. The van der Waals surface area contributed by atoms with Crippen LogP contribution >= 0.6 is 12.2 Å². The lowest BCUT2D eigenvalue weighted by Crippen LogP contribution is -2.49. The first-order chi connectivity index (χ1) is 11.7. The van der Waals surface area contributed by atoms with Gasteiger partial charge in [-0.3, -0.25) is 5.43 Å². The molecule has 0 spiro atoms. The van der Waals surface area contributed by atoms with Gasteiger partial charge in [0.05, 0.1) is 30.3 Å². The molecule has 7 nitrogen and oxygen atoms in total. The number of hydrogen-bond donors (Lipinski definition) is 1. The van der Waals surface area contributed by atoms with Gasteiger partial charge >= 0.3 is 0 Å². The van der Waals surface area contributed by atoms with Crippen LogP contribution in [-0.4, -0.2) is 48.6 Å². The number of hydrogen-bond acceptors (Lipinski definition) is 7. The molecule has 0 radical (unpaired) electrons. The third-order valence-corrected chi connectivity index (χ3v) is 4.35. The van der Waals surface area contributed by atoms with Crippen LogP contribution in [0, 0.1) is 5.92 Å². The number of methoxy groups -OCH3 is 1. The highest BCUT2D eigenvalue weighted by atomic mass is 32.1. The number of nitrogens with one attached hydrogen (secondary N) is 1. The number of benzene rings is 1. The van der Waals surface area contributed by atoms with E-state index in [1.165, 1.54) is 0 Å². The number of oxime groups is 1. The Hall–Kier alpha value is -2.03. The minimum absolute atomic E-state index is 0.133. The minimum Gasteiger partial charge on any atom is -0.497 e. The Morgan fingerprint density at radius 2 is 2.17 bits per heavy atom. The summed E-state index contributed by atoms with van der Waals surface area (Å²) in [5.74, 6) is 0.656. The minimum atomic E-state index is -0.497. The zero-order chi connectivity index (χ0) is 16.7. The fourth-order valence-corrected chi connectivity index (χ4v) is 3.18. The summed E-state index contributed by atoms with van der Waals surface area (Å²) in [4.78, 5) is 6.23. The molecule has 1 aromatic carbocycles. The Balaban J connectivity index is 1.69. The van der Waals surface area contributed by atoms with Gasteiger partial charge in [0.15, 0.2) is 12.4 Å². The van der Waals surface area contributed by atoms with Crippen LogP contribution in [0.1, 0.15) is 12.5 Å². The Bertz CT molecular complexity index is 719. The van der Waals surface area contributed by atoms with Gasteiger partial charge in [-0.15, -0.1) is 0 Å². The Morgan fingerprint density at radius 3 is 2.88 bits per heavy atom. The molecule has 0 amide bonds. The number of hydrazone groups is 1. The maximum Gasteiger partial charge on any atom is 0.200 e. The average molecular weight is 347 g/mol. The van der Waals surface area contributed by atoms with Gasteiger partial charge in [0, 0.05) is 5.56 Å². The molecule has 1 N–H and O–H groups in total. The van der Waals surface area contributed by atoms with Crippen molar-refractivity contribution in [2.75, 3.05) is 13.7 Å². The van der Waals surface area contributed by atoms with E-state index in [0.717, 1.165) is 17.0 Å². The van der Waals surface area contributed by atoms with Crippen molar-refractivity contribution >= 4 is 28.6 Å². The molecule has 3 aliphatic rings. The van der Waals surface area contributed by atoms with Crippen molar-refractivity contribution < 1.29 is 19.0 Å². The summed E-state index contributed by atoms with van der Waals surface area (Å²) < 4.78 is 16.7. The first kappa shape index (κ1) is 15.5. The molecule has 4 rings (SSSR count). The molecule has 3 heterocycles. The van der Waals surface area contributed by atoms with Crippen LogP contribution in [0.4, 0.5) is 0 Å². The van der Waals surface area contributed by atoms with Crippen molar-refractivity contribution in [2.45, 2.75) is 25.4 Å². The fourth-order valence-electron chi connectivity index (χ4n) is 3.13. The normalized spacial score (nSPS) is 32.1. The van der Waals surface area contributed by atoms with Gasteiger partial charge in [-0.1, -0.05) is 17.4 Å². The van der Waals surface area contributed by atoms with E-state index in [2.05, 4.69) is 15.7 Å². The zero-order valence-corrected chi connectivity index (χ0v) is 14.1. The van der Waals surface area contributed by atoms with E-state index in [-0.39, 0.29) is 18.1 Å². The fraction of sp³-hybridized carbons (Fsp3) is 0.438. The molecule has 0 saturated carbocycles. The van der Waals surface area contributed by atoms with Crippen LogP contribution in [-0.2, 0) is 14.3 Å². The standard InChI is InChI=1S/C16H17N3O4S/c1-8(24)17-18-14-12-13(9-3-5-10(20-2)6-4-9)19-23-15(12)11-7-21-16(14)22-11/h3-6,11-12,15-16H,7H2,1-2H3,(H,17,24)/b18-14-/t11?,12?,15-,16-/m0/s1. The average Bonchev–Trinajstić information content (AvgIpc) is 3.21. The summed E-state index contributed by atoms with van der Waals surface area (Å²) in [5.41, 5.74) is 5.30. The van der Waals surface area contributed by atoms with Crippen LogP contribution in [0.3, 0.4) is 0 Å². The van der Waals surface area contributed by atoms with Crippen molar-refractivity contribution in [2.24, 2.45) is 16.2 Å². The van der Waals surface area contributed by atoms with Crippen molar-refractivity contribution in [3.05, 3.63) is 29.8 Å². The first-order valence-corrected chi connectivity index (χ1v) is 8.07. The maximum atomic E-state index is 5.82. The Morgan fingerprint density at radius 1 is 1.38 bits per heavy atom. The second-order valence-electron chi connectivity index (χ2n) is 5.80. The molecule has 126 valence electrons. The smallest absolute Gasteiger partial charge is 0.200 e. The van der Waals surface area contributed by atoms with Crippen LogP contribution < -0.4 is 10.2 Å². The topological polar surface area (TPSA) is 73.7 Å². The molecule has 8 heteroatoms. The summed E-state index contributed by atoms with van der Waals surface area (Å²) in [5, 5.41) is 8.70. The van der Waals surface area contributed by atoms with Crippen LogP contribution in [0.5, 0.6) is 5.75 Å². The first-order valence-electron chi connectivity index (χ1n) is 7.66. The molecule has 2 bridgehead atoms. The molecule has 2 fully saturated rings. The van der Waals surface area contributed by atoms with Gasteiger partial charge < -0.3 is 19.0 Å². The van der Waals surface area contributed by atoms with E-state index in [1.54, 1.807) is 14.0 Å². The van der Waals surface area contributed by atoms with E-state index in [9.17, 15) is 0 Å². The highest BCUT2D eigenvalue weighted by Gasteiger charge is 2.55. The molecule has 1 aromatic rings. The van der Waals surface area contributed by atoms with Gasteiger partial charge in [-0.2, -0.15) is 5.10 Å². The molecule has 0 aromatic heterocycles. The number of nitrogens with zero attached hydrogens (tertiary/aromatic N) is 2. The maximum absolute atomic E-state index is 5.82. The lowest BCUT2D eigenvalue weighted by atomic mass is 9.84. The van der Waals surface area contributed by atoms with E-state index in [4.69, 9.17) is 31.3 Å². The van der Waals surface area contributed by atoms with Crippen LogP contribution in [0.15, 0.2) is 34.5 Å². The molecule has 2 unspecified atom stereocenters. The van der Waals surface area contributed by atoms with Crippen LogP contribution in [0.25, 0.3) is 0 Å². The van der Waals surface area contributed by atoms with Crippen LogP contribution in [0.2, 0.25) is 0 Å². The third-order valence-electron chi connectivity index (χ3n) is 4.26. The number of rotatable bonds is 3. The summed E-state index contributed by atoms with van der Waals surface area (Å²) in [6.45, 7) is 2.23. The third kappa shape index (κ3) is 2.56. The van der Waals surface area contributed by atoms with Crippen molar-refractivity contribution in [3.8, 4) is 5.75 Å². The summed E-state index contributed by atoms with van der Waals surface area (Å²) >= 11 is 5.04. The van der Waals surface area contributed by atoms with E-state index >= 15 is 0 Å². The lowest BCUT2D eigenvalue weighted by Gasteiger charge is -2.30. The van der Waals surface area contributed by atoms with Gasteiger partial charge in [0.25, 0.3) is 0 Å². The predicted molar refractivity (Wildman–Crippen MR) is 91.3 cm³/mol. The number of ether oxygens (including phenoxy) is 3. The quantitative estimate of drug-likeness (QED) is 0.659. The van der Waals surface area contributed by atoms with Crippen molar-refractivity contribution in [3.63, 3.8) is 0 Å². The molecule has 3 aliphatic heterocycles. The summed E-state index contributed by atoms with van der Waals surface area (Å²) in [6, 6.07) is 7.70. The Kier molecular flexibility index (Phi) is 3.95. The SMILES string of the molecule is COc1ccc(C2=NO[C@H]3C4CO[C@@H](O4)/C(=N\NC(C)=S)C23)cc1. The molecule has 4 atom stereocenters. The highest BCUT2D eigenvalue weighted by molar-refractivity contribution is 7.80. The lowest BCUT2D eigenvalue weighted by molar-refractivity contribution is -0.0812. The van der Waals surface area contributed by atoms with Crippen molar-refractivity contribution in [1.29, 1.82) is 0 Å². The number of thiocarbonyl (C=S) groups is 1. The van der Waals surface area contributed by atoms with Gasteiger partial charge in [0.2, 0.25) is 0 Å². The van der Waals surface area contributed by atoms with E-state index < -0.39 is 6.29 Å². The molecular weight excluding hydrogens is 330 g/mol. The van der Waals surface area contributed by atoms with Crippen molar-refractivity contribution in [1.82, 2.24) is 5.43 Å². The number of fused-ring (bicyclic) bond motifs is 4. The zero-order valence-electron chi connectivity index (χ0n) is 13.3.